The van der Waals surface area contributed by atoms with Crippen LogP contribution in [-0.4, -0.2) is 43.4 Å². The van der Waals surface area contributed by atoms with Crippen molar-refractivity contribution < 1.29 is 14.1 Å². The van der Waals surface area contributed by atoms with Gasteiger partial charge in [-0.15, -0.1) is 0 Å². The number of carbonyl (C=O) groups is 1. The van der Waals surface area contributed by atoms with Crippen LogP contribution < -0.4 is 10.6 Å². The first-order valence-corrected chi connectivity index (χ1v) is 5.18. The molecule has 1 amide bonds. The van der Waals surface area contributed by atoms with E-state index in [4.69, 9.17) is 9.26 Å². The van der Waals surface area contributed by atoms with Gasteiger partial charge in [0.1, 0.15) is 5.76 Å². The normalized spacial score (nSPS) is 24.6. The molecule has 1 fully saturated rings. The van der Waals surface area contributed by atoms with Crippen LogP contribution in [-0.2, 0) is 4.74 Å². The molecule has 88 valence electrons. The highest BCUT2D eigenvalue weighted by atomic mass is 16.5. The highest BCUT2D eigenvalue weighted by Crippen LogP contribution is 2.06. The number of hydrogen-bond donors (Lipinski definition) is 2. The molecule has 0 spiro atoms. The van der Waals surface area contributed by atoms with Gasteiger partial charge in [0, 0.05) is 26.3 Å². The van der Waals surface area contributed by atoms with Crippen molar-refractivity contribution in [1.29, 1.82) is 0 Å². The first-order valence-electron chi connectivity index (χ1n) is 5.18. The van der Waals surface area contributed by atoms with Crippen molar-refractivity contribution in [1.82, 2.24) is 15.8 Å². The van der Waals surface area contributed by atoms with Crippen molar-refractivity contribution in [2.45, 2.75) is 19.1 Å². The lowest BCUT2D eigenvalue weighted by Crippen LogP contribution is -2.43. The van der Waals surface area contributed by atoms with Gasteiger partial charge in [0.2, 0.25) is 0 Å². The monoisotopic (exact) mass is 225 g/mol. The maximum atomic E-state index is 11.8. The molecule has 0 radical (unpaired) electrons. The fourth-order valence-corrected chi connectivity index (χ4v) is 1.76. The zero-order valence-electron chi connectivity index (χ0n) is 9.32. The lowest BCUT2D eigenvalue weighted by atomic mass is 10.2. The molecule has 0 aromatic carbocycles. The number of methoxy groups -OCH3 is 1. The molecule has 2 atom stereocenters. The van der Waals surface area contributed by atoms with E-state index in [0.29, 0.717) is 18.0 Å². The predicted octanol–water partition coefficient (Wildman–Crippen LogP) is -0.300. The van der Waals surface area contributed by atoms with E-state index in [2.05, 4.69) is 15.8 Å². The molecular weight excluding hydrogens is 210 g/mol. The molecule has 2 unspecified atom stereocenters. The first-order chi connectivity index (χ1) is 7.70. The fraction of sp³-hybridized carbons (Fsp3) is 0.600. The molecule has 0 bridgehead atoms. The Morgan fingerprint density at radius 3 is 3.12 bits per heavy atom. The Balaban J connectivity index is 1.97. The summed E-state index contributed by atoms with van der Waals surface area (Å²) in [4.78, 5) is 11.8. The van der Waals surface area contributed by atoms with Gasteiger partial charge >= 0.3 is 0 Å². The van der Waals surface area contributed by atoms with Crippen LogP contribution in [0.1, 0.15) is 16.2 Å². The molecular formula is C10H15N3O3. The molecule has 1 aromatic rings. The van der Waals surface area contributed by atoms with Crippen LogP contribution in [0.25, 0.3) is 0 Å². The summed E-state index contributed by atoms with van der Waals surface area (Å²) >= 11 is 0. The maximum Gasteiger partial charge on any atom is 0.273 e. The average molecular weight is 225 g/mol. The molecule has 0 aliphatic carbocycles. The molecule has 6 heteroatoms. The number of amides is 1. The lowest BCUT2D eigenvalue weighted by molar-refractivity contribution is 0.0773. The van der Waals surface area contributed by atoms with Gasteiger partial charge in [-0.2, -0.15) is 0 Å². The third kappa shape index (κ3) is 2.23. The van der Waals surface area contributed by atoms with E-state index in [1.54, 1.807) is 20.1 Å². The summed E-state index contributed by atoms with van der Waals surface area (Å²) in [5.74, 6) is 0.394. The largest absolute Gasteiger partial charge is 0.378 e. The number of ether oxygens (including phenoxy) is 1. The minimum Gasteiger partial charge on any atom is -0.378 e. The molecule has 1 aliphatic heterocycles. The minimum atomic E-state index is -0.229. The SMILES string of the molecule is COC1CNCC1NC(=O)c1cc(C)on1. The van der Waals surface area contributed by atoms with Gasteiger partial charge in [-0.25, -0.2) is 0 Å². The summed E-state index contributed by atoms with van der Waals surface area (Å²) in [6.45, 7) is 3.21. The zero-order valence-corrected chi connectivity index (χ0v) is 9.32. The number of rotatable bonds is 3. The molecule has 1 aliphatic rings. The number of hydrogen-bond acceptors (Lipinski definition) is 5. The average Bonchev–Trinajstić information content (AvgIpc) is 2.86. The summed E-state index contributed by atoms with van der Waals surface area (Å²) < 4.78 is 10.1. The van der Waals surface area contributed by atoms with E-state index >= 15 is 0 Å². The Kier molecular flexibility index (Phi) is 3.21. The number of nitrogens with zero attached hydrogens (tertiary/aromatic N) is 1. The quantitative estimate of drug-likeness (QED) is 0.738. The van der Waals surface area contributed by atoms with E-state index in [-0.39, 0.29) is 18.1 Å². The molecule has 0 saturated carbocycles. The summed E-state index contributed by atoms with van der Waals surface area (Å²) in [5.41, 5.74) is 0.305. The molecule has 2 rings (SSSR count). The molecule has 1 saturated heterocycles. The third-order valence-corrected chi connectivity index (χ3v) is 2.64. The number of aromatic nitrogens is 1. The van der Waals surface area contributed by atoms with Gasteiger partial charge in [0.15, 0.2) is 5.69 Å². The second kappa shape index (κ2) is 4.63. The number of carbonyl (C=O) groups excluding carboxylic acids is 1. The molecule has 6 nitrogen and oxygen atoms in total. The van der Waals surface area contributed by atoms with Crippen LogP contribution in [0.3, 0.4) is 0 Å². The highest BCUT2D eigenvalue weighted by molar-refractivity contribution is 5.92. The Morgan fingerprint density at radius 2 is 2.50 bits per heavy atom. The Morgan fingerprint density at radius 1 is 1.69 bits per heavy atom. The van der Waals surface area contributed by atoms with Crippen molar-refractivity contribution in [3.63, 3.8) is 0 Å². The van der Waals surface area contributed by atoms with Gasteiger partial charge in [0.05, 0.1) is 12.1 Å². The second-order valence-corrected chi connectivity index (χ2v) is 3.84. The maximum absolute atomic E-state index is 11.8. The minimum absolute atomic E-state index is 0.0111. The second-order valence-electron chi connectivity index (χ2n) is 3.84. The van der Waals surface area contributed by atoms with Crippen LogP contribution in [0.15, 0.2) is 10.6 Å². The van der Waals surface area contributed by atoms with E-state index in [0.717, 1.165) is 6.54 Å². The van der Waals surface area contributed by atoms with Crippen LogP contribution in [0, 0.1) is 6.92 Å². The van der Waals surface area contributed by atoms with E-state index in [1.165, 1.54) is 0 Å². The van der Waals surface area contributed by atoms with Crippen LogP contribution >= 0.6 is 0 Å². The van der Waals surface area contributed by atoms with Gasteiger partial charge in [0.25, 0.3) is 5.91 Å². The van der Waals surface area contributed by atoms with Gasteiger partial charge in [-0.3, -0.25) is 4.79 Å². The van der Waals surface area contributed by atoms with E-state index in [9.17, 15) is 4.79 Å². The topological polar surface area (TPSA) is 76.4 Å². The molecule has 2 N–H and O–H groups in total. The third-order valence-electron chi connectivity index (χ3n) is 2.64. The van der Waals surface area contributed by atoms with Crippen molar-refractivity contribution in [2.24, 2.45) is 0 Å². The van der Waals surface area contributed by atoms with Crippen molar-refractivity contribution >= 4 is 5.91 Å². The van der Waals surface area contributed by atoms with Crippen LogP contribution in [0.5, 0.6) is 0 Å². The fourth-order valence-electron chi connectivity index (χ4n) is 1.76. The predicted molar refractivity (Wildman–Crippen MR) is 56.2 cm³/mol. The van der Waals surface area contributed by atoms with E-state index < -0.39 is 0 Å². The smallest absolute Gasteiger partial charge is 0.273 e. The Bertz CT molecular complexity index is 377. The lowest BCUT2D eigenvalue weighted by Gasteiger charge is -2.17. The van der Waals surface area contributed by atoms with Crippen molar-refractivity contribution in [3.05, 3.63) is 17.5 Å². The van der Waals surface area contributed by atoms with Gasteiger partial charge < -0.3 is 19.9 Å². The van der Waals surface area contributed by atoms with Gasteiger partial charge in [-0.1, -0.05) is 5.16 Å². The van der Waals surface area contributed by atoms with E-state index in [1.807, 2.05) is 0 Å². The summed E-state index contributed by atoms with van der Waals surface area (Å²) in [7, 11) is 1.64. The highest BCUT2D eigenvalue weighted by Gasteiger charge is 2.29. The zero-order chi connectivity index (χ0) is 11.5. The van der Waals surface area contributed by atoms with Crippen LogP contribution in [0.2, 0.25) is 0 Å². The Labute approximate surface area is 93.3 Å². The number of nitrogens with one attached hydrogen (secondary N) is 2. The summed E-state index contributed by atoms with van der Waals surface area (Å²) in [5, 5.41) is 9.67. The first kappa shape index (κ1) is 11.1. The standard InChI is InChI=1S/C10H15N3O3/c1-6-3-7(13-16-6)10(14)12-8-4-11-5-9(8)15-2/h3,8-9,11H,4-5H2,1-2H3,(H,12,14). The van der Waals surface area contributed by atoms with Gasteiger partial charge in [-0.05, 0) is 6.92 Å². The number of aryl methyl sites for hydroxylation is 1. The van der Waals surface area contributed by atoms with Crippen LogP contribution in [0.4, 0.5) is 0 Å². The molecule has 1 aromatic heterocycles. The summed E-state index contributed by atoms with van der Waals surface area (Å²) in [6, 6.07) is 1.59. The molecule has 2 heterocycles. The summed E-state index contributed by atoms with van der Waals surface area (Å²) in [6.07, 6.45) is 0.0111. The Hall–Kier alpha value is -1.40. The van der Waals surface area contributed by atoms with Crippen molar-refractivity contribution in [3.8, 4) is 0 Å². The van der Waals surface area contributed by atoms with Crippen molar-refractivity contribution in [2.75, 3.05) is 20.2 Å². The molecule has 16 heavy (non-hydrogen) atoms.